The molecule has 1 saturated carbocycles. The monoisotopic (exact) mass is 1030 g/mol. The summed E-state index contributed by atoms with van der Waals surface area (Å²) in [7, 11) is 1.37. The molecule has 6 atom stereocenters. The Morgan fingerprint density at radius 2 is 1.63 bits per heavy atom. The molecular formula is C45H38Br2Cl2F3N5O6. The van der Waals surface area contributed by atoms with Gasteiger partial charge in [-0.25, -0.2) is 4.98 Å². The van der Waals surface area contributed by atoms with E-state index in [1.54, 1.807) is 30.3 Å². The summed E-state index contributed by atoms with van der Waals surface area (Å²) in [5.41, 5.74) is 2.32. The molecule has 9 rings (SSSR count). The molecule has 2 N–H and O–H groups in total. The number of rotatable bonds is 8. The van der Waals surface area contributed by atoms with Crippen LogP contribution in [0.15, 0.2) is 93.5 Å². The van der Waals surface area contributed by atoms with Gasteiger partial charge in [0.05, 0.1) is 45.3 Å². The molecule has 11 nitrogen and oxygen atoms in total. The molecular weight excluding hydrogens is 994 g/mol. The number of amides is 4. The lowest BCUT2D eigenvalue weighted by molar-refractivity contribution is -0.144. The fourth-order valence-corrected chi connectivity index (χ4v) is 12.0. The summed E-state index contributed by atoms with van der Waals surface area (Å²) in [6.07, 6.45) is -0.973. The first-order valence-corrected chi connectivity index (χ1v) is 22.6. The van der Waals surface area contributed by atoms with Crippen molar-refractivity contribution in [2.24, 2.45) is 23.7 Å². The van der Waals surface area contributed by atoms with Crippen molar-refractivity contribution in [2.75, 3.05) is 25.6 Å². The lowest BCUT2D eigenvalue weighted by atomic mass is 9.49. The quantitative estimate of drug-likeness (QED) is 0.131. The highest BCUT2D eigenvalue weighted by Crippen LogP contribution is 2.66. The molecule has 328 valence electrons. The van der Waals surface area contributed by atoms with Gasteiger partial charge < -0.3 is 9.84 Å². The Bertz CT molecular complexity index is 2580. The highest BCUT2D eigenvalue weighted by Gasteiger charge is 2.71. The van der Waals surface area contributed by atoms with Crippen molar-refractivity contribution in [3.05, 3.63) is 126 Å². The fourth-order valence-electron chi connectivity index (χ4n) is 10.7. The van der Waals surface area contributed by atoms with Crippen LogP contribution in [0.5, 0.6) is 11.5 Å². The van der Waals surface area contributed by atoms with Crippen molar-refractivity contribution in [1.82, 2.24) is 19.8 Å². The predicted octanol–water partition coefficient (Wildman–Crippen LogP) is 9.30. The summed E-state index contributed by atoms with van der Waals surface area (Å²) in [4.78, 5) is 67.8. The zero-order chi connectivity index (χ0) is 44.7. The number of fused-ring (bicyclic) bond motifs is 4. The second kappa shape index (κ2) is 16.5. The first-order valence-electron chi connectivity index (χ1n) is 20.3. The first-order chi connectivity index (χ1) is 30.1. The molecule has 3 aliphatic heterocycles. The number of benzene rings is 3. The number of ether oxygens (including phenoxy) is 1. The van der Waals surface area contributed by atoms with Crippen LogP contribution in [-0.2, 0) is 37.3 Å². The zero-order valence-corrected chi connectivity index (χ0v) is 38.0. The van der Waals surface area contributed by atoms with Crippen LogP contribution in [-0.4, -0.2) is 74.8 Å². The SMILES string of the molecule is COc1cc(C2C3=CCC4C(=O)N(C5CCN(Cc6ccccc6)CC5)C(=O)C4C3CC3C(=O)N(Nc4ncc(C(F)(F)F)cc4Cl)C(=O)C32c2ccc(Cl)cc2)c(Br)c(Br)c1O. The van der Waals surface area contributed by atoms with Gasteiger partial charge in [0.15, 0.2) is 17.3 Å². The molecule has 5 aliphatic rings. The van der Waals surface area contributed by atoms with Gasteiger partial charge in [-0.3, -0.25) is 34.4 Å². The number of allylic oxidation sites excluding steroid dienone is 2. The van der Waals surface area contributed by atoms with Crippen LogP contribution in [0.4, 0.5) is 19.0 Å². The molecule has 3 saturated heterocycles. The third-order valence-electron chi connectivity index (χ3n) is 13.5. The van der Waals surface area contributed by atoms with Gasteiger partial charge in [-0.15, -0.1) is 0 Å². The van der Waals surface area contributed by atoms with E-state index in [1.807, 2.05) is 24.3 Å². The summed E-state index contributed by atoms with van der Waals surface area (Å²) in [6.45, 7) is 2.13. The molecule has 63 heavy (non-hydrogen) atoms. The Morgan fingerprint density at radius 1 is 0.937 bits per heavy atom. The summed E-state index contributed by atoms with van der Waals surface area (Å²) >= 11 is 19.9. The number of methoxy groups -OCH3 is 1. The van der Waals surface area contributed by atoms with Gasteiger partial charge in [-0.1, -0.05) is 77.3 Å². The number of hydrazine groups is 1. The molecule has 0 bridgehead atoms. The van der Waals surface area contributed by atoms with E-state index < -0.39 is 63.6 Å². The molecule has 3 aromatic carbocycles. The highest BCUT2D eigenvalue weighted by molar-refractivity contribution is 9.13. The lowest BCUT2D eigenvalue weighted by Gasteiger charge is -2.51. The molecule has 4 amide bonds. The van der Waals surface area contributed by atoms with Crippen molar-refractivity contribution < 1.29 is 42.2 Å². The van der Waals surface area contributed by atoms with E-state index in [0.717, 1.165) is 11.6 Å². The van der Waals surface area contributed by atoms with Crippen molar-refractivity contribution in [3.8, 4) is 11.5 Å². The predicted molar refractivity (Wildman–Crippen MR) is 234 cm³/mol. The number of nitrogens with zero attached hydrogens (tertiary/aromatic N) is 4. The maximum Gasteiger partial charge on any atom is 0.417 e. The Kier molecular flexibility index (Phi) is 11.5. The minimum atomic E-state index is -4.77. The lowest BCUT2D eigenvalue weighted by Crippen LogP contribution is -2.53. The first kappa shape index (κ1) is 43.8. The number of hydrogen-bond acceptors (Lipinski definition) is 9. The molecule has 4 fully saturated rings. The summed E-state index contributed by atoms with van der Waals surface area (Å²) in [5.74, 6) is -7.24. The van der Waals surface area contributed by atoms with Gasteiger partial charge in [0.2, 0.25) is 11.8 Å². The maximum absolute atomic E-state index is 15.6. The van der Waals surface area contributed by atoms with Crippen LogP contribution in [0, 0.1) is 23.7 Å². The number of nitrogens with one attached hydrogen (secondary N) is 1. The van der Waals surface area contributed by atoms with Crippen LogP contribution in [0.1, 0.15) is 53.9 Å². The number of phenols is 1. The number of aromatic hydroxyl groups is 1. The second-order valence-corrected chi connectivity index (χ2v) is 19.0. The molecule has 1 aromatic heterocycles. The van der Waals surface area contributed by atoms with Crippen LogP contribution in [0.25, 0.3) is 0 Å². The Labute approximate surface area is 386 Å². The number of aromatic nitrogens is 1. The minimum Gasteiger partial charge on any atom is -0.503 e. The maximum atomic E-state index is 15.6. The number of piperidine rings is 1. The molecule has 2 aliphatic carbocycles. The van der Waals surface area contributed by atoms with Crippen LogP contribution in [0.3, 0.4) is 0 Å². The molecule has 6 unspecified atom stereocenters. The van der Waals surface area contributed by atoms with Gasteiger partial charge in [0.25, 0.3) is 11.8 Å². The van der Waals surface area contributed by atoms with Crippen molar-refractivity contribution in [3.63, 3.8) is 0 Å². The van der Waals surface area contributed by atoms with E-state index in [-0.39, 0.29) is 52.5 Å². The van der Waals surface area contributed by atoms with Gasteiger partial charge >= 0.3 is 6.18 Å². The van der Waals surface area contributed by atoms with Crippen LogP contribution in [0.2, 0.25) is 10.0 Å². The minimum absolute atomic E-state index is 0.0422. The highest BCUT2D eigenvalue weighted by atomic mass is 79.9. The van der Waals surface area contributed by atoms with E-state index in [2.05, 4.69) is 59.3 Å². The smallest absolute Gasteiger partial charge is 0.417 e. The van der Waals surface area contributed by atoms with Gasteiger partial charge in [0.1, 0.15) is 0 Å². The second-order valence-electron chi connectivity index (χ2n) is 16.6. The summed E-state index contributed by atoms with van der Waals surface area (Å²) in [6, 6.07) is 18.4. The van der Waals surface area contributed by atoms with Crippen molar-refractivity contribution in [2.45, 2.75) is 55.8 Å². The number of anilines is 1. The van der Waals surface area contributed by atoms with E-state index in [1.165, 1.54) is 17.6 Å². The topological polar surface area (TPSA) is 132 Å². The Morgan fingerprint density at radius 3 is 2.29 bits per heavy atom. The third-order valence-corrected chi connectivity index (χ3v) is 16.2. The van der Waals surface area contributed by atoms with Gasteiger partial charge in [-0.05, 0) is 104 Å². The average Bonchev–Trinajstić information content (AvgIpc) is 3.64. The number of pyridine rings is 1. The number of halogens is 7. The number of carbonyl (C=O) groups excluding carboxylic acids is 4. The summed E-state index contributed by atoms with van der Waals surface area (Å²) < 4.78 is 47.0. The largest absolute Gasteiger partial charge is 0.503 e. The summed E-state index contributed by atoms with van der Waals surface area (Å²) in [5, 5.41) is 11.7. The van der Waals surface area contributed by atoms with Crippen LogP contribution >= 0.6 is 55.1 Å². The fraction of sp³-hybridized carbons (Fsp3) is 0.356. The van der Waals surface area contributed by atoms with Crippen molar-refractivity contribution in [1.29, 1.82) is 0 Å². The normalized spacial score (nSPS) is 26.4. The molecule has 4 heterocycles. The number of imide groups is 2. The Hall–Kier alpha value is -4.48. The zero-order valence-electron chi connectivity index (χ0n) is 33.3. The van der Waals surface area contributed by atoms with E-state index in [9.17, 15) is 27.9 Å². The van der Waals surface area contributed by atoms with Gasteiger partial charge in [-0.2, -0.15) is 18.2 Å². The standard InChI is InChI=1S/C45H38Br2Cl2F3N5O6/c1-63-33-19-30(36(46)37(47)38(33)58)35-27-11-12-28-34(42(61)56(40(28)59)26-13-15-55(16-14-26)21-22-5-3-2-4-6-22)29(27)18-31-41(60)57(43(62)44(31,35)23-7-9-25(48)10-8-23)54-39-32(49)17-24(20-53-39)45(50,51)52/h2-11,17,19-20,26,28-29,31,34-35,58H,12-16,18,21H2,1H3,(H,53,54). The molecule has 0 spiro atoms. The average molecular weight is 1030 g/mol. The molecule has 4 aromatic rings. The molecule has 18 heteroatoms. The van der Waals surface area contributed by atoms with E-state index >= 15 is 9.59 Å². The Balaban J connectivity index is 1.15. The van der Waals surface area contributed by atoms with E-state index in [0.29, 0.717) is 64.4 Å². The number of likely N-dealkylation sites (tertiary alicyclic amines) is 2. The van der Waals surface area contributed by atoms with Crippen LogP contribution < -0.4 is 10.2 Å². The molecule has 0 radical (unpaired) electrons. The third kappa shape index (κ3) is 7.15. The van der Waals surface area contributed by atoms with E-state index in [4.69, 9.17) is 27.9 Å². The number of phenolic OH excluding ortho intramolecular Hbond substituents is 1. The van der Waals surface area contributed by atoms with Gasteiger partial charge in [0, 0.05) is 47.3 Å². The number of alkyl halides is 3. The van der Waals surface area contributed by atoms with Crippen molar-refractivity contribution >= 4 is 84.5 Å². The number of carbonyl (C=O) groups is 4. The number of hydrogen-bond donors (Lipinski definition) is 2.